The molecule has 3 nitrogen and oxygen atoms in total. The zero-order valence-corrected chi connectivity index (χ0v) is 8.13. The van der Waals surface area contributed by atoms with Crippen LogP contribution >= 0.6 is 0 Å². The lowest BCUT2D eigenvalue weighted by Gasteiger charge is -2.20. The molecule has 0 amide bonds. The van der Waals surface area contributed by atoms with Gasteiger partial charge < -0.3 is 0 Å². The Bertz CT molecular complexity index is 346. The van der Waals surface area contributed by atoms with Crippen LogP contribution in [0.5, 0.6) is 0 Å². The molecule has 0 atom stereocenters. The van der Waals surface area contributed by atoms with Crippen LogP contribution in [0, 0.1) is 5.82 Å². The molecule has 0 radical (unpaired) electrons. The summed E-state index contributed by atoms with van der Waals surface area (Å²) in [4.78, 5) is 0. The molecule has 0 N–H and O–H groups in total. The molecule has 0 unspecified atom stereocenters. The van der Waals surface area contributed by atoms with E-state index >= 15 is 0 Å². The first-order chi connectivity index (χ1) is 6.75. The standard InChI is InChI=1S/C9H9FO3S/c10-9-3-1-2-7(4-9)8-5-12-14(11)13-6-8/h1-4,8H,5-6H2. The third kappa shape index (κ3) is 2.17. The Morgan fingerprint density at radius 3 is 2.71 bits per heavy atom. The first-order valence-corrected chi connectivity index (χ1v) is 5.19. The van der Waals surface area contributed by atoms with Crippen molar-refractivity contribution in [3.8, 4) is 0 Å². The molecule has 0 aromatic heterocycles. The molecule has 1 saturated heterocycles. The zero-order chi connectivity index (χ0) is 9.97. The summed E-state index contributed by atoms with van der Waals surface area (Å²) >= 11 is -1.63. The third-order valence-electron chi connectivity index (χ3n) is 2.05. The topological polar surface area (TPSA) is 35.5 Å². The van der Waals surface area contributed by atoms with E-state index in [-0.39, 0.29) is 11.7 Å². The Morgan fingerprint density at radius 2 is 2.07 bits per heavy atom. The van der Waals surface area contributed by atoms with Gasteiger partial charge in [0, 0.05) is 5.92 Å². The summed E-state index contributed by atoms with van der Waals surface area (Å²) in [5, 5.41) is 0. The summed E-state index contributed by atoms with van der Waals surface area (Å²) in [7, 11) is 0. The van der Waals surface area contributed by atoms with E-state index in [4.69, 9.17) is 8.37 Å². The maximum absolute atomic E-state index is 12.9. The minimum absolute atomic E-state index is 0.0385. The van der Waals surface area contributed by atoms with Crippen LogP contribution < -0.4 is 0 Å². The Hall–Kier alpha value is -0.780. The smallest absolute Gasteiger partial charge is 0.268 e. The highest BCUT2D eigenvalue weighted by molar-refractivity contribution is 7.75. The average molecular weight is 216 g/mol. The predicted octanol–water partition coefficient (Wildman–Crippen LogP) is 1.53. The van der Waals surface area contributed by atoms with Crippen molar-refractivity contribution in [1.29, 1.82) is 0 Å². The SMILES string of the molecule is O=S1OCC(c2cccc(F)c2)CO1. The van der Waals surface area contributed by atoms with Gasteiger partial charge in [0.25, 0.3) is 0 Å². The van der Waals surface area contributed by atoms with Gasteiger partial charge in [0.2, 0.25) is 0 Å². The molecule has 5 heteroatoms. The monoisotopic (exact) mass is 216 g/mol. The Balaban J connectivity index is 2.12. The van der Waals surface area contributed by atoms with E-state index in [2.05, 4.69) is 0 Å². The number of rotatable bonds is 1. The molecule has 14 heavy (non-hydrogen) atoms. The summed E-state index contributed by atoms with van der Waals surface area (Å²) in [6, 6.07) is 6.25. The lowest BCUT2D eigenvalue weighted by molar-refractivity contribution is 0.160. The van der Waals surface area contributed by atoms with Crippen molar-refractivity contribution < 1.29 is 17.0 Å². The molecule has 1 heterocycles. The quantitative estimate of drug-likeness (QED) is 0.714. The van der Waals surface area contributed by atoms with Gasteiger partial charge in [-0.05, 0) is 17.7 Å². The molecule has 1 aromatic rings. The summed E-state index contributed by atoms with van der Waals surface area (Å²) < 4.78 is 33.2. The molecular formula is C9H9FO3S. The second kappa shape index (κ2) is 4.16. The first-order valence-electron chi connectivity index (χ1n) is 4.19. The van der Waals surface area contributed by atoms with Crippen molar-refractivity contribution in [2.45, 2.75) is 5.92 Å². The van der Waals surface area contributed by atoms with Crippen LogP contribution in [0.3, 0.4) is 0 Å². The Morgan fingerprint density at radius 1 is 1.36 bits per heavy atom. The molecular weight excluding hydrogens is 207 g/mol. The van der Waals surface area contributed by atoms with Gasteiger partial charge in [0.05, 0.1) is 13.2 Å². The van der Waals surface area contributed by atoms with E-state index in [0.29, 0.717) is 13.2 Å². The van der Waals surface area contributed by atoms with Crippen molar-refractivity contribution >= 4 is 11.4 Å². The second-order valence-corrected chi connectivity index (χ2v) is 3.90. The minimum Gasteiger partial charge on any atom is -0.268 e. The van der Waals surface area contributed by atoms with Crippen LogP contribution in [0.4, 0.5) is 4.39 Å². The third-order valence-corrected chi connectivity index (χ3v) is 2.71. The maximum Gasteiger partial charge on any atom is 0.304 e. The second-order valence-electron chi connectivity index (χ2n) is 3.03. The molecule has 1 aliphatic rings. The van der Waals surface area contributed by atoms with Crippen molar-refractivity contribution in [1.82, 2.24) is 0 Å². The van der Waals surface area contributed by atoms with Gasteiger partial charge in [-0.3, -0.25) is 8.37 Å². The molecule has 0 aliphatic carbocycles. The highest BCUT2D eigenvalue weighted by atomic mass is 32.2. The van der Waals surface area contributed by atoms with E-state index in [1.54, 1.807) is 12.1 Å². The summed E-state index contributed by atoms with van der Waals surface area (Å²) in [6.45, 7) is 0.603. The number of halogens is 1. The average Bonchev–Trinajstić information content (AvgIpc) is 2.19. The fourth-order valence-electron chi connectivity index (χ4n) is 1.31. The van der Waals surface area contributed by atoms with Gasteiger partial charge in [0.15, 0.2) is 0 Å². The van der Waals surface area contributed by atoms with E-state index in [1.165, 1.54) is 12.1 Å². The lowest BCUT2D eigenvalue weighted by atomic mass is 10.0. The Kier molecular flexibility index (Phi) is 2.90. The van der Waals surface area contributed by atoms with E-state index in [1.807, 2.05) is 0 Å². The highest BCUT2D eigenvalue weighted by Gasteiger charge is 2.21. The zero-order valence-electron chi connectivity index (χ0n) is 7.31. The van der Waals surface area contributed by atoms with Gasteiger partial charge >= 0.3 is 11.4 Å². The van der Waals surface area contributed by atoms with Gasteiger partial charge in [-0.2, -0.15) is 4.21 Å². The van der Waals surface area contributed by atoms with Gasteiger partial charge in [0.1, 0.15) is 5.82 Å². The molecule has 0 saturated carbocycles. The molecule has 1 fully saturated rings. The van der Waals surface area contributed by atoms with Crippen molar-refractivity contribution in [3.63, 3.8) is 0 Å². The highest BCUT2D eigenvalue weighted by Crippen LogP contribution is 2.21. The molecule has 1 aliphatic heterocycles. The van der Waals surface area contributed by atoms with Gasteiger partial charge in [-0.15, -0.1) is 0 Å². The first kappa shape index (κ1) is 9.76. The van der Waals surface area contributed by atoms with Crippen LogP contribution in [0.2, 0.25) is 0 Å². The predicted molar refractivity (Wildman–Crippen MR) is 49.2 cm³/mol. The summed E-state index contributed by atoms with van der Waals surface area (Å²) in [5.41, 5.74) is 0.807. The van der Waals surface area contributed by atoms with Crippen LogP contribution in [0.25, 0.3) is 0 Å². The normalized spacial score (nSPS) is 27.5. The van der Waals surface area contributed by atoms with E-state index < -0.39 is 11.4 Å². The maximum atomic E-state index is 12.9. The molecule has 2 rings (SSSR count). The van der Waals surface area contributed by atoms with E-state index in [9.17, 15) is 8.60 Å². The largest absolute Gasteiger partial charge is 0.304 e. The summed E-state index contributed by atoms with van der Waals surface area (Å²) in [5.74, 6) is -0.322. The van der Waals surface area contributed by atoms with Crippen LogP contribution in [0.1, 0.15) is 11.5 Å². The van der Waals surface area contributed by atoms with Crippen LogP contribution in [-0.2, 0) is 19.7 Å². The van der Waals surface area contributed by atoms with Crippen LogP contribution in [-0.4, -0.2) is 17.4 Å². The van der Waals surface area contributed by atoms with Crippen molar-refractivity contribution in [2.75, 3.05) is 13.2 Å². The van der Waals surface area contributed by atoms with E-state index in [0.717, 1.165) is 5.56 Å². The Labute approximate surface area is 83.7 Å². The molecule has 0 bridgehead atoms. The van der Waals surface area contributed by atoms with Gasteiger partial charge in [-0.25, -0.2) is 4.39 Å². The number of hydrogen-bond donors (Lipinski definition) is 0. The molecule has 0 spiro atoms. The molecule has 76 valence electrons. The van der Waals surface area contributed by atoms with Crippen molar-refractivity contribution in [2.24, 2.45) is 0 Å². The fourth-order valence-corrected chi connectivity index (χ4v) is 1.93. The molecule has 1 aromatic carbocycles. The number of benzene rings is 1. The lowest BCUT2D eigenvalue weighted by Crippen LogP contribution is -2.23. The fraction of sp³-hybridized carbons (Fsp3) is 0.333. The van der Waals surface area contributed by atoms with Crippen molar-refractivity contribution in [3.05, 3.63) is 35.6 Å². The van der Waals surface area contributed by atoms with Gasteiger partial charge in [-0.1, -0.05) is 12.1 Å². The minimum atomic E-state index is -1.63. The number of hydrogen-bond acceptors (Lipinski definition) is 3. The summed E-state index contributed by atoms with van der Waals surface area (Å²) in [6.07, 6.45) is 0. The van der Waals surface area contributed by atoms with Crippen LogP contribution in [0.15, 0.2) is 24.3 Å².